The molecule has 1 fully saturated rings. The second-order valence-electron chi connectivity index (χ2n) is 7.98. The first-order chi connectivity index (χ1) is 15.0. The second kappa shape index (κ2) is 9.68. The van der Waals surface area contributed by atoms with Crippen molar-refractivity contribution in [2.24, 2.45) is 7.05 Å². The van der Waals surface area contributed by atoms with E-state index in [0.29, 0.717) is 11.7 Å². The summed E-state index contributed by atoms with van der Waals surface area (Å²) in [5.74, 6) is 1.60. The van der Waals surface area contributed by atoms with Gasteiger partial charge in [-0.05, 0) is 43.5 Å². The van der Waals surface area contributed by atoms with Crippen molar-refractivity contribution in [2.45, 2.75) is 56.8 Å². The van der Waals surface area contributed by atoms with E-state index < -0.39 is 0 Å². The number of furan rings is 1. The zero-order chi connectivity index (χ0) is 21.8. The molecule has 0 unspecified atom stereocenters. The number of aromatic nitrogens is 3. The summed E-state index contributed by atoms with van der Waals surface area (Å²) in [5, 5.41) is 9.24. The third-order valence-corrected chi connectivity index (χ3v) is 6.87. The van der Waals surface area contributed by atoms with E-state index in [1.165, 1.54) is 30.3 Å². The van der Waals surface area contributed by atoms with Gasteiger partial charge in [0.15, 0.2) is 11.0 Å². The SMILES string of the molecule is Cc1occc1-c1nnc(SCC(=O)N(Cc2ccc(F)cc2)C2CCCCC2)n1C. The van der Waals surface area contributed by atoms with Crippen LogP contribution in [0.4, 0.5) is 4.39 Å². The van der Waals surface area contributed by atoms with Gasteiger partial charge in [-0.15, -0.1) is 10.2 Å². The normalized spacial score (nSPS) is 14.7. The Labute approximate surface area is 185 Å². The van der Waals surface area contributed by atoms with Crippen molar-refractivity contribution in [1.29, 1.82) is 0 Å². The molecule has 1 aliphatic carbocycles. The molecule has 2 heterocycles. The van der Waals surface area contributed by atoms with Crippen LogP contribution in [0.3, 0.4) is 0 Å². The lowest BCUT2D eigenvalue weighted by molar-refractivity contribution is -0.132. The number of halogens is 1. The van der Waals surface area contributed by atoms with Gasteiger partial charge in [0.25, 0.3) is 0 Å². The van der Waals surface area contributed by atoms with Gasteiger partial charge in [-0.1, -0.05) is 43.2 Å². The zero-order valence-electron chi connectivity index (χ0n) is 17.9. The van der Waals surface area contributed by atoms with Crippen molar-refractivity contribution in [3.63, 3.8) is 0 Å². The average Bonchev–Trinajstić information content (AvgIpc) is 3.37. The lowest BCUT2D eigenvalue weighted by Crippen LogP contribution is -2.42. The Bertz CT molecular complexity index is 1020. The van der Waals surface area contributed by atoms with Gasteiger partial charge in [0.2, 0.25) is 5.91 Å². The minimum absolute atomic E-state index is 0.0743. The van der Waals surface area contributed by atoms with Crippen LogP contribution in [0, 0.1) is 12.7 Å². The number of nitrogens with zero attached hydrogens (tertiary/aromatic N) is 4. The summed E-state index contributed by atoms with van der Waals surface area (Å²) < 4.78 is 20.6. The minimum Gasteiger partial charge on any atom is -0.469 e. The summed E-state index contributed by atoms with van der Waals surface area (Å²) in [6.07, 6.45) is 7.17. The number of aryl methyl sites for hydroxylation is 1. The molecular weight excluding hydrogens is 415 g/mol. The first-order valence-corrected chi connectivity index (χ1v) is 11.6. The highest BCUT2D eigenvalue weighted by molar-refractivity contribution is 7.99. The van der Waals surface area contributed by atoms with E-state index in [1.54, 1.807) is 18.4 Å². The van der Waals surface area contributed by atoms with E-state index in [9.17, 15) is 9.18 Å². The van der Waals surface area contributed by atoms with Crippen molar-refractivity contribution in [2.75, 3.05) is 5.75 Å². The molecular formula is C23H27FN4O2S. The van der Waals surface area contributed by atoms with Crippen LogP contribution in [0.25, 0.3) is 11.4 Å². The number of amides is 1. The molecule has 0 spiro atoms. The van der Waals surface area contributed by atoms with Gasteiger partial charge in [0.1, 0.15) is 11.6 Å². The number of carbonyl (C=O) groups excluding carboxylic acids is 1. The van der Waals surface area contributed by atoms with Crippen molar-refractivity contribution in [1.82, 2.24) is 19.7 Å². The molecule has 1 aliphatic rings. The summed E-state index contributed by atoms with van der Waals surface area (Å²) in [7, 11) is 1.89. The molecule has 1 amide bonds. The van der Waals surface area contributed by atoms with Crippen LogP contribution in [0.2, 0.25) is 0 Å². The number of carbonyl (C=O) groups is 1. The standard InChI is InChI=1S/C23H27FN4O2S/c1-16-20(12-13-30-16)22-25-26-23(27(22)2)31-15-21(29)28(19-6-4-3-5-7-19)14-17-8-10-18(24)11-9-17/h8-13,19H,3-7,14-15H2,1-2H3. The van der Waals surface area contributed by atoms with Crippen LogP contribution in [-0.4, -0.2) is 37.4 Å². The van der Waals surface area contributed by atoms with Crippen LogP contribution in [0.15, 0.2) is 46.2 Å². The first kappa shape index (κ1) is 21.6. The number of thioether (sulfide) groups is 1. The maximum Gasteiger partial charge on any atom is 0.233 e. The van der Waals surface area contributed by atoms with Crippen LogP contribution in [-0.2, 0) is 18.4 Å². The third-order valence-electron chi connectivity index (χ3n) is 5.86. The number of hydrogen-bond acceptors (Lipinski definition) is 5. The Kier molecular flexibility index (Phi) is 6.75. The Hall–Kier alpha value is -2.61. The maximum atomic E-state index is 13.3. The summed E-state index contributed by atoms with van der Waals surface area (Å²) in [6.45, 7) is 2.39. The minimum atomic E-state index is -0.263. The summed E-state index contributed by atoms with van der Waals surface area (Å²) >= 11 is 1.39. The van der Waals surface area contributed by atoms with E-state index in [-0.39, 0.29) is 23.5 Å². The predicted octanol–water partition coefficient (Wildman–Crippen LogP) is 4.98. The maximum absolute atomic E-state index is 13.3. The lowest BCUT2D eigenvalue weighted by Gasteiger charge is -2.34. The fourth-order valence-electron chi connectivity index (χ4n) is 4.10. The molecule has 3 aromatic rings. The van der Waals surface area contributed by atoms with E-state index in [4.69, 9.17) is 4.42 Å². The van der Waals surface area contributed by atoms with Crippen LogP contribution in [0.1, 0.15) is 43.4 Å². The quantitative estimate of drug-likeness (QED) is 0.483. The van der Waals surface area contributed by atoms with Gasteiger partial charge in [-0.3, -0.25) is 4.79 Å². The molecule has 1 aromatic carbocycles. The van der Waals surface area contributed by atoms with E-state index in [2.05, 4.69) is 10.2 Å². The highest BCUT2D eigenvalue weighted by atomic mass is 32.2. The van der Waals surface area contributed by atoms with Gasteiger partial charge in [0.05, 0.1) is 17.6 Å². The van der Waals surface area contributed by atoms with Gasteiger partial charge < -0.3 is 13.9 Å². The molecule has 0 radical (unpaired) electrons. The van der Waals surface area contributed by atoms with Gasteiger partial charge in [0, 0.05) is 19.6 Å². The van der Waals surface area contributed by atoms with E-state index in [0.717, 1.165) is 48.4 Å². The van der Waals surface area contributed by atoms with Gasteiger partial charge in [-0.2, -0.15) is 0 Å². The zero-order valence-corrected chi connectivity index (χ0v) is 18.7. The fourth-order valence-corrected chi connectivity index (χ4v) is 4.90. The molecule has 0 atom stereocenters. The number of benzene rings is 1. The molecule has 1 saturated carbocycles. The topological polar surface area (TPSA) is 64.2 Å². The molecule has 0 N–H and O–H groups in total. The number of hydrogen-bond donors (Lipinski definition) is 0. The van der Waals surface area contributed by atoms with Gasteiger partial charge in [-0.25, -0.2) is 4.39 Å². The summed E-state index contributed by atoms with van der Waals surface area (Å²) in [5.41, 5.74) is 1.84. The largest absolute Gasteiger partial charge is 0.469 e. The Balaban J connectivity index is 1.46. The Morgan fingerprint density at radius 3 is 2.61 bits per heavy atom. The Morgan fingerprint density at radius 2 is 1.94 bits per heavy atom. The molecule has 164 valence electrons. The van der Waals surface area contributed by atoms with Crippen molar-refractivity contribution >= 4 is 17.7 Å². The molecule has 2 aromatic heterocycles. The van der Waals surface area contributed by atoms with Crippen LogP contribution < -0.4 is 0 Å². The molecule has 31 heavy (non-hydrogen) atoms. The predicted molar refractivity (Wildman–Crippen MR) is 118 cm³/mol. The monoisotopic (exact) mass is 442 g/mol. The fraction of sp³-hybridized carbons (Fsp3) is 0.435. The summed E-state index contributed by atoms with van der Waals surface area (Å²) in [4.78, 5) is 15.2. The molecule has 0 saturated heterocycles. The number of rotatable bonds is 7. The highest BCUT2D eigenvalue weighted by Gasteiger charge is 2.26. The van der Waals surface area contributed by atoms with Gasteiger partial charge >= 0.3 is 0 Å². The molecule has 4 rings (SSSR count). The first-order valence-electron chi connectivity index (χ1n) is 10.6. The van der Waals surface area contributed by atoms with E-state index in [1.807, 2.05) is 29.5 Å². The molecule has 8 heteroatoms. The van der Waals surface area contributed by atoms with E-state index >= 15 is 0 Å². The summed E-state index contributed by atoms with van der Waals surface area (Å²) in [6, 6.07) is 8.52. The van der Waals surface area contributed by atoms with Crippen molar-refractivity contribution in [3.8, 4) is 11.4 Å². The van der Waals surface area contributed by atoms with Crippen LogP contribution in [0.5, 0.6) is 0 Å². The van der Waals surface area contributed by atoms with Crippen LogP contribution >= 0.6 is 11.8 Å². The van der Waals surface area contributed by atoms with Crippen molar-refractivity contribution in [3.05, 3.63) is 53.7 Å². The smallest absolute Gasteiger partial charge is 0.233 e. The second-order valence-corrected chi connectivity index (χ2v) is 8.93. The average molecular weight is 443 g/mol. The molecule has 0 aliphatic heterocycles. The Morgan fingerprint density at radius 1 is 1.19 bits per heavy atom. The molecule has 0 bridgehead atoms. The highest BCUT2D eigenvalue weighted by Crippen LogP contribution is 2.28. The van der Waals surface area contributed by atoms with Crippen molar-refractivity contribution < 1.29 is 13.6 Å². The molecule has 6 nitrogen and oxygen atoms in total. The lowest BCUT2D eigenvalue weighted by atomic mass is 9.94. The third kappa shape index (κ3) is 5.01.